The highest BCUT2D eigenvalue weighted by Gasteiger charge is 2.28. The van der Waals surface area contributed by atoms with E-state index in [0.717, 1.165) is 18.5 Å². The SMILES string of the molecule is CCCNC(=NCc1ccc(C)cc1OCC(F)(F)F)NCC.I. The number of benzene rings is 1. The maximum atomic E-state index is 12.4. The lowest BCUT2D eigenvalue weighted by Crippen LogP contribution is -2.37. The minimum absolute atomic E-state index is 0. The first-order valence-corrected chi connectivity index (χ1v) is 7.67. The number of hydrogen-bond donors (Lipinski definition) is 2. The summed E-state index contributed by atoms with van der Waals surface area (Å²) in [6.07, 6.45) is -3.41. The number of halogens is 4. The summed E-state index contributed by atoms with van der Waals surface area (Å²) in [7, 11) is 0. The summed E-state index contributed by atoms with van der Waals surface area (Å²) >= 11 is 0. The van der Waals surface area contributed by atoms with Gasteiger partial charge in [-0.2, -0.15) is 13.2 Å². The van der Waals surface area contributed by atoms with Crippen LogP contribution < -0.4 is 15.4 Å². The first-order valence-electron chi connectivity index (χ1n) is 7.67. The molecule has 0 aromatic heterocycles. The number of nitrogens with zero attached hydrogens (tertiary/aromatic N) is 1. The van der Waals surface area contributed by atoms with Crippen molar-refractivity contribution in [2.24, 2.45) is 4.99 Å². The zero-order valence-corrected chi connectivity index (χ0v) is 16.5. The van der Waals surface area contributed by atoms with Gasteiger partial charge in [0.2, 0.25) is 0 Å². The molecule has 0 aliphatic heterocycles. The van der Waals surface area contributed by atoms with E-state index in [-0.39, 0.29) is 36.3 Å². The van der Waals surface area contributed by atoms with Crippen molar-refractivity contribution in [3.63, 3.8) is 0 Å². The number of guanidine groups is 1. The van der Waals surface area contributed by atoms with Gasteiger partial charge < -0.3 is 15.4 Å². The average molecular weight is 459 g/mol. The second-order valence-corrected chi connectivity index (χ2v) is 5.14. The first kappa shape index (κ1) is 22.8. The Balaban J connectivity index is 0.00000529. The largest absolute Gasteiger partial charge is 0.484 e. The summed E-state index contributed by atoms with van der Waals surface area (Å²) in [6.45, 7) is 6.22. The molecular weight excluding hydrogens is 434 g/mol. The molecule has 0 unspecified atom stereocenters. The molecule has 0 spiro atoms. The van der Waals surface area contributed by atoms with E-state index in [0.29, 0.717) is 18.1 Å². The fourth-order valence-corrected chi connectivity index (χ4v) is 1.84. The first-order chi connectivity index (χ1) is 10.9. The maximum absolute atomic E-state index is 12.4. The van der Waals surface area contributed by atoms with E-state index in [9.17, 15) is 13.2 Å². The lowest BCUT2D eigenvalue weighted by Gasteiger charge is -2.14. The van der Waals surface area contributed by atoms with Crippen LogP contribution in [0.1, 0.15) is 31.4 Å². The van der Waals surface area contributed by atoms with E-state index < -0.39 is 12.8 Å². The van der Waals surface area contributed by atoms with Crippen LogP contribution in [-0.4, -0.2) is 31.8 Å². The molecule has 0 aliphatic carbocycles. The Morgan fingerprint density at radius 2 is 1.92 bits per heavy atom. The molecule has 1 aromatic rings. The van der Waals surface area contributed by atoms with Crippen molar-refractivity contribution in [2.75, 3.05) is 19.7 Å². The average Bonchev–Trinajstić information content (AvgIpc) is 2.48. The number of rotatable bonds is 7. The van der Waals surface area contributed by atoms with Gasteiger partial charge in [-0.3, -0.25) is 0 Å². The molecule has 0 saturated heterocycles. The summed E-state index contributed by atoms with van der Waals surface area (Å²) in [5, 5.41) is 6.24. The van der Waals surface area contributed by atoms with Crippen LogP contribution in [0.25, 0.3) is 0 Å². The van der Waals surface area contributed by atoms with Gasteiger partial charge >= 0.3 is 6.18 Å². The van der Waals surface area contributed by atoms with Gasteiger partial charge in [-0.1, -0.05) is 19.1 Å². The number of aryl methyl sites for hydroxylation is 1. The van der Waals surface area contributed by atoms with Crippen molar-refractivity contribution in [3.05, 3.63) is 29.3 Å². The zero-order valence-electron chi connectivity index (χ0n) is 14.2. The predicted molar refractivity (Wildman–Crippen MR) is 101 cm³/mol. The third-order valence-corrected chi connectivity index (χ3v) is 2.91. The second kappa shape index (κ2) is 11.4. The van der Waals surface area contributed by atoms with Crippen LogP contribution in [-0.2, 0) is 6.54 Å². The molecule has 0 fully saturated rings. The summed E-state index contributed by atoms with van der Waals surface area (Å²) in [5.74, 6) is 0.856. The van der Waals surface area contributed by atoms with Crippen LogP contribution in [0.4, 0.5) is 13.2 Å². The van der Waals surface area contributed by atoms with Crippen molar-refractivity contribution in [1.82, 2.24) is 10.6 Å². The predicted octanol–water partition coefficient (Wildman–Crippen LogP) is 4.02. The molecule has 4 nitrogen and oxygen atoms in total. The Morgan fingerprint density at radius 1 is 1.21 bits per heavy atom. The van der Waals surface area contributed by atoms with Gasteiger partial charge in [-0.05, 0) is 31.9 Å². The minimum Gasteiger partial charge on any atom is -0.484 e. The Labute approximate surface area is 158 Å². The number of hydrogen-bond acceptors (Lipinski definition) is 2. The number of ether oxygens (including phenoxy) is 1. The Kier molecular flexibility index (Phi) is 10.8. The van der Waals surface area contributed by atoms with E-state index in [1.807, 2.05) is 19.9 Å². The highest BCUT2D eigenvalue weighted by molar-refractivity contribution is 14.0. The Hall–Kier alpha value is -1.19. The number of nitrogens with one attached hydrogen (secondary N) is 2. The van der Waals surface area contributed by atoms with Gasteiger partial charge in [0.1, 0.15) is 5.75 Å². The quantitative estimate of drug-likeness (QED) is 0.368. The third-order valence-electron chi connectivity index (χ3n) is 2.91. The van der Waals surface area contributed by atoms with Crippen LogP contribution in [0.5, 0.6) is 5.75 Å². The van der Waals surface area contributed by atoms with E-state index in [1.165, 1.54) is 0 Å². The van der Waals surface area contributed by atoms with Crippen molar-refractivity contribution < 1.29 is 17.9 Å². The Morgan fingerprint density at radius 3 is 2.50 bits per heavy atom. The van der Waals surface area contributed by atoms with Gasteiger partial charge in [-0.15, -0.1) is 24.0 Å². The Bertz CT molecular complexity index is 522. The fourth-order valence-electron chi connectivity index (χ4n) is 1.84. The topological polar surface area (TPSA) is 45.7 Å². The normalized spacial score (nSPS) is 11.7. The van der Waals surface area contributed by atoms with Gasteiger partial charge in [0, 0.05) is 18.7 Å². The molecule has 0 bridgehead atoms. The minimum atomic E-state index is -4.36. The molecule has 1 aromatic carbocycles. The molecular formula is C16H25F3IN3O. The van der Waals surface area contributed by atoms with Gasteiger partial charge in [0.15, 0.2) is 12.6 Å². The molecule has 24 heavy (non-hydrogen) atoms. The highest BCUT2D eigenvalue weighted by atomic mass is 127. The van der Waals surface area contributed by atoms with Crippen LogP contribution in [0, 0.1) is 6.92 Å². The summed E-state index contributed by atoms with van der Waals surface area (Å²) in [4.78, 5) is 4.39. The standard InChI is InChI=1S/C16H24F3N3O.HI/c1-4-8-21-15(20-5-2)22-10-13-7-6-12(3)9-14(13)23-11-16(17,18)19;/h6-7,9H,4-5,8,10-11H2,1-3H3,(H2,20,21,22);1H. The summed E-state index contributed by atoms with van der Waals surface area (Å²) < 4.78 is 42.0. The van der Waals surface area contributed by atoms with E-state index in [1.54, 1.807) is 19.1 Å². The second-order valence-electron chi connectivity index (χ2n) is 5.14. The van der Waals surface area contributed by atoms with Gasteiger partial charge in [0.05, 0.1) is 6.54 Å². The van der Waals surface area contributed by atoms with Crippen LogP contribution >= 0.6 is 24.0 Å². The van der Waals surface area contributed by atoms with Crippen LogP contribution in [0.15, 0.2) is 23.2 Å². The molecule has 0 radical (unpaired) electrons. The molecule has 0 atom stereocenters. The summed E-state index contributed by atoms with van der Waals surface area (Å²) in [5.41, 5.74) is 1.46. The molecule has 2 N–H and O–H groups in total. The molecule has 1 rings (SSSR count). The van der Waals surface area contributed by atoms with Crippen molar-refractivity contribution >= 4 is 29.9 Å². The molecule has 0 saturated carbocycles. The molecule has 0 amide bonds. The van der Waals surface area contributed by atoms with Crippen molar-refractivity contribution in [3.8, 4) is 5.75 Å². The van der Waals surface area contributed by atoms with Crippen LogP contribution in [0.3, 0.4) is 0 Å². The highest BCUT2D eigenvalue weighted by Crippen LogP contribution is 2.24. The van der Waals surface area contributed by atoms with Crippen molar-refractivity contribution in [2.45, 2.75) is 39.9 Å². The fraction of sp³-hybridized carbons (Fsp3) is 0.562. The van der Waals surface area contributed by atoms with E-state index >= 15 is 0 Å². The van der Waals surface area contributed by atoms with Gasteiger partial charge in [-0.25, -0.2) is 4.99 Å². The molecule has 138 valence electrons. The zero-order chi connectivity index (χ0) is 17.3. The smallest absolute Gasteiger partial charge is 0.422 e. The molecule has 8 heteroatoms. The van der Waals surface area contributed by atoms with E-state index in [4.69, 9.17) is 4.74 Å². The van der Waals surface area contributed by atoms with Crippen molar-refractivity contribution in [1.29, 1.82) is 0 Å². The summed E-state index contributed by atoms with van der Waals surface area (Å²) in [6, 6.07) is 5.18. The number of alkyl halides is 3. The molecule has 0 aliphatic rings. The maximum Gasteiger partial charge on any atom is 0.422 e. The number of aliphatic imine (C=N–C) groups is 1. The van der Waals surface area contributed by atoms with Crippen LogP contribution in [0.2, 0.25) is 0 Å². The van der Waals surface area contributed by atoms with E-state index in [2.05, 4.69) is 15.6 Å². The third kappa shape index (κ3) is 9.19. The lowest BCUT2D eigenvalue weighted by atomic mass is 10.1. The molecule has 0 heterocycles. The monoisotopic (exact) mass is 459 g/mol. The lowest BCUT2D eigenvalue weighted by molar-refractivity contribution is -0.153. The van der Waals surface area contributed by atoms with Gasteiger partial charge in [0.25, 0.3) is 0 Å².